The zero-order chi connectivity index (χ0) is 12.8. The molecule has 0 aromatic carbocycles. The summed E-state index contributed by atoms with van der Waals surface area (Å²) >= 11 is 0. The highest BCUT2D eigenvalue weighted by Crippen LogP contribution is 2.05. The lowest BCUT2D eigenvalue weighted by Gasteiger charge is -2.11. The fourth-order valence-corrected chi connectivity index (χ4v) is 1.35. The van der Waals surface area contributed by atoms with Crippen LogP contribution >= 0.6 is 0 Å². The van der Waals surface area contributed by atoms with Crippen LogP contribution in [-0.2, 0) is 17.8 Å². The van der Waals surface area contributed by atoms with Gasteiger partial charge in [0.1, 0.15) is 0 Å². The Bertz CT molecular complexity index is 379. The topological polar surface area (TPSA) is 123 Å². The second kappa shape index (κ2) is 6.28. The maximum Gasteiger partial charge on any atom is 0.358 e. The molecule has 0 aliphatic carbocycles. The van der Waals surface area contributed by atoms with Gasteiger partial charge in [-0.05, 0) is 6.92 Å². The molecule has 0 saturated heterocycles. The van der Waals surface area contributed by atoms with Gasteiger partial charge in [-0.1, -0.05) is 5.21 Å². The van der Waals surface area contributed by atoms with Crippen molar-refractivity contribution in [2.45, 2.75) is 26.1 Å². The van der Waals surface area contributed by atoms with Gasteiger partial charge in [0.15, 0.2) is 5.69 Å². The third-order valence-electron chi connectivity index (χ3n) is 2.13. The summed E-state index contributed by atoms with van der Waals surface area (Å²) in [5.41, 5.74) is 5.53. The van der Waals surface area contributed by atoms with E-state index < -0.39 is 12.1 Å². The van der Waals surface area contributed by atoms with Gasteiger partial charge in [-0.3, -0.25) is 0 Å². The monoisotopic (exact) mass is 244 g/mol. The second-order valence-corrected chi connectivity index (χ2v) is 3.39. The summed E-state index contributed by atoms with van der Waals surface area (Å²) in [5, 5.41) is 25.6. The number of aromatic carboxylic acids is 1. The maximum atomic E-state index is 10.8. The van der Waals surface area contributed by atoms with E-state index in [2.05, 4.69) is 10.3 Å². The van der Waals surface area contributed by atoms with E-state index in [-0.39, 0.29) is 31.1 Å². The first-order chi connectivity index (χ1) is 8.10. The third kappa shape index (κ3) is 3.48. The average Bonchev–Trinajstić information content (AvgIpc) is 2.69. The van der Waals surface area contributed by atoms with Gasteiger partial charge < -0.3 is 20.7 Å². The summed E-state index contributed by atoms with van der Waals surface area (Å²) in [6.45, 7) is 2.57. The number of rotatable bonds is 7. The summed E-state index contributed by atoms with van der Waals surface area (Å²) in [4.78, 5) is 10.8. The molecule has 0 aliphatic heterocycles. The van der Waals surface area contributed by atoms with Gasteiger partial charge in [0.2, 0.25) is 0 Å². The van der Waals surface area contributed by atoms with Gasteiger partial charge in [-0.15, -0.1) is 5.10 Å². The number of carbonyl (C=O) groups is 1. The number of nitrogens with zero attached hydrogens (tertiary/aromatic N) is 3. The number of aliphatic hydroxyl groups is 1. The van der Waals surface area contributed by atoms with E-state index in [9.17, 15) is 9.90 Å². The molecule has 1 heterocycles. The number of hydrogen-bond acceptors (Lipinski definition) is 6. The lowest BCUT2D eigenvalue weighted by molar-refractivity contribution is 0.0309. The second-order valence-electron chi connectivity index (χ2n) is 3.39. The van der Waals surface area contributed by atoms with Gasteiger partial charge in [0.25, 0.3) is 0 Å². The Labute approximate surface area is 98.0 Å². The zero-order valence-electron chi connectivity index (χ0n) is 9.54. The van der Waals surface area contributed by atoms with Crippen LogP contribution in [0.25, 0.3) is 0 Å². The molecule has 1 rings (SSSR count). The number of carboxylic acids is 1. The lowest BCUT2D eigenvalue weighted by atomic mass is 10.3. The van der Waals surface area contributed by atoms with Crippen molar-refractivity contribution in [3.8, 4) is 0 Å². The van der Waals surface area contributed by atoms with Crippen LogP contribution in [0.1, 0.15) is 23.1 Å². The molecule has 96 valence electrons. The van der Waals surface area contributed by atoms with Crippen molar-refractivity contribution < 1.29 is 19.7 Å². The number of hydrogen-bond donors (Lipinski definition) is 3. The third-order valence-corrected chi connectivity index (χ3v) is 2.13. The SMILES string of the molecule is CCOCC(O)Cn1nnc(C(=O)O)c1CN. The summed E-state index contributed by atoms with van der Waals surface area (Å²) in [6, 6.07) is 0. The molecule has 0 radical (unpaired) electrons. The molecule has 1 aromatic rings. The fraction of sp³-hybridized carbons (Fsp3) is 0.667. The highest BCUT2D eigenvalue weighted by atomic mass is 16.5. The molecule has 1 atom stereocenters. The van der Waals surface area contributed by atoms with Crippen LogP contribution in [-0.4, -0.2) is 50.5 Å². The standard InChI is InChI=1S/C9H16N4O4/c1-2-17-5-6(14)4-13-7(3-10)8(9(15)16)11-12-13/h6,14H,2-5,10H2,1H3,(H,15,16). The van der Waals surface area contributed by atoms with Crippen LogP contribution in [0.15, 0.2) is 0 Å². The summed E-state index contributed by atoms with van der Waals surface area (Å²) in [6.07, 6.45) is -0.774. The molecular formula is C9H16N4O4. The van der Waals surface area contributed by atoms with E-state index in [1.807, 2.05) is 6.92 Å². The Balaban J connectivity index is 2.74. The number of carboxylic acid groups (broad SMARTS) is 1. The van der Waals surface area contributed by atoms with Crippen molar-refractivity contribution in [3.05, 3.63) is 11.4 Å². The number of aliphatic hydroxyl groups excluding tert-OH is 1. The minimum absolute atomic E-state index is 0.00398. The van der Waals surface area contributed by atoms with E-state index in [1.54, 1.807) is 0 Å². The van der Waals surface area contributed by atoms with Crippen LogP contribution < -0.4 is 5.73 Å². The first-order valence-electron chi connectivity index (χ1n) is 5.21. The normalized spacial score (nSPS) is 12.6. The van der Waals surface area contributed by atoms with Gasteiger partial charge in [0.05, 0.1) is 24.9 Å². The predicted molar refractivity (Wildman–Crippen MR) is 57.4 cm³/mol. The Morgan fingerprint density at radius 1 is 1.65 bits per heavy atom. The van der Waals surface area contributed by atoms with Crippen molar-refractivity contribution in [2.24, 2.45) is 5.73 Å². The van der Waals surface area contributed by atoms with Crippen LogP contribution in [0, 0.1) is 0 Å². The number of ether oxygens (including phenoxy) is 1. The Hall–Kier alpha value is -1.51. The van der Waals surface area contributed by atoms with Crippen molar-refractivity contribution in [1.29, 1.82) is 0 Å². The predicted octanol–water partition coefficient (Wildman–Crippen LogP) is -1.17. The Morgan fingerprint density at radius 2 is 2.35 bits per heavy atom. The van der Waals surface area contributed by atoms with E-state index in [0.29, 0.717) is 6.61 Å². The van der Waals surface area contributed by atoms with E-state index in [4.69, 9.17) is 15.6 Å². The van der Waals surface area contributed by atoms with E-state index >= 15 is 0 Å². The van der Waals surface area contributed by atoms with Gasteiger partial charge in [0, 0.05) is 13.2 Å². The molecule has 8 heteroatoms. The van der Waals surface area contributed by atoms with Crippen LogP contribution in [0.2, 0.25) is 0 Å². The van der Waals surface area contributed by atoms with Crippen molar-refractivity contribution in [2.75, 3.05) is 13.2 Å². The van der Waals surface area contributed by atoms with Crippen molar-refractivity contribution >= 4 is 5.97 Å². The highest BCUT2D eigenvalue weighted by Gasteiger charge is 2.19. The Morgan fingerprint density at radius 3 is 2.88 bits per heavy atom. The lowest BCUT2D eigenvalue weighted by Crippen LogP contribution is -2.24. The summed E-state index contributed by atoms with van der Waals surface area (Å²) in [5.74, 6) is -1.18. The molecule has 17 heavy (non-hydrogen) atoms. The summed E-state index contributed by atoms with van der Waals surface area (Å²) in [7, 11) is 0. The minimum Gasteiger partial charge on any atom is -0.476 e. The van der Waals surface area contributed by atoms with Crippen molar-refractivity contribution in [3.63, 3.8) is 0 Å². The smallest absolute Gasteiger partial charge is 0.358 e. The first-order valence-corrected chi connectivity index (χ1v) is 5.21. The highest BCUT2D eigenvalue weighted by molar-refractivity contribution is 5.86. The maximum absolute atomic E-state index is 10.8. The fourth-order valence-electron chi connectivity index (χ4n) is 1.35. The molecule has 1 unspecified atom stereocenters. The molecule has 0 spiro atoms. The molecular weight excluding hydrogens is 228 g/mol. The van der Waals surface area contributed by atoms with Crippen molar-refractivity contribution in [1.82, 2.24) is 15.0 Å². The van der Waals surface area contributed by atoms with E-state index in [1.165, 1.54) is 4.68 Å². The Kier molecular flexibility index (Phi) is 5.01. The van der Waals surface area contributed by atoms with Crippen LogP contribution in [0.5, 0.6) is 0 Å². The number of aromatic nitrogens is 3. The quantitative estimate of drug-likeness (QED) is 0.552. The first kappa shape index (κ1) is 13.6. The van der Waals surface area contributed by atoms with Gasteiger partial charge >= 0.3 is 5.97 Å². The molecule has 0 amide bonds. The molecule has 0 fully saturated rings. The molecule has 8 nitrogen and oxygen atoms in total. The van der Waals surface area contributed by atoms with E-state index in [0.717, 1.165) is 0 Å². The average molecular weight is 244 g/mol. The van der Waals surface area contributed by atoms with Gasteiger partial charge in [-0.25, -0.2) is 9.48 Å². The molecule has 4 N–H and O–H groups in total. The van der Waals surface area contributed by atoms with Crippen LogP contribution in [0.3, 0.4) is 0 Å². The molecule has 1 aromatic heterocycles. The summed E-state index contributed by atoms with van der Waals surface area (Å²) < 4.78 is 6.32. The zero-order valence-corrected chi connectivity index (χ0v) is 9.54. The minimum atomic E-state index is -1.18. The van der Waals surface area contributed by atoms with Crippen LogP contribution in [0.4, 0.5) is 0 Å². The molecule has 0 bridgehead atoms. The van der Waals surface area contributed by atoms with Gasteiger partial charge in [-0.2, -0.15) is 0 Å². The molecule has 0 saturated carbocycles. The number of nitrogens with two attached hydrogens (primary N) is 1. The largest absolute Gasteiger partial charge is 0.476 e. The molecule has 0 aliphatic rings.